The smallest absolute Gasteiger partial charge is 0.254 e. The molecule has 2 aromatic rings. The van der Waals surface area contributed by atoms with Crippen molar-refractivity contribution < 1.29 is 9.21 Å². The quantitative estimate of drug-likeness (QED) is 0.765. The zero-order valence-corrected chi connectivity index (χ0v) is 12.6. The minimum atomic E-state index is -0.0790. The van der Waals surface area contributed by atoms with Gasteiger partial charge in [-0.05, 0) is 52.9 Å². The van der Waals surface area contributed by atoms with Crippen LogP contribution in [0.25, 0.3) is 0 Å². The lowest BCUT2D eigenvalue weighted by molar-refractivity contribution is 0.0775. The molecule has 0 aliphatic carbocycles. The molecule has 1 aromatic heterocycles. The predicted octanol–water partition coefficient (Wildman–Crippen LogP) is 3.81. The molecule has 0 unspecified atom stereocenters. The van der Waals surface area contributed by atoms with Crippen molar-refractivity contribution in [1.29, 1.82) is 0 Å². The van der Waals surface area contributed by atoms with Gasteiger partial charge in [0.15, 0.2) is 0 Å². The summed E-state index contributed by atoms with van der Waals surface area (Å²) in [5.74, 6) is 0.673. The molecule has 18 heavy (non-hydrogen) atoms. The van der Waals surface area contributed by atoms with E-state index in [4.69, 9.17) is 16.0 Å². The van der Waals surface area contributed by atoms with Crippen molar-refractivity contribution in [3.8, 4) is 0 Å². The molecular formula is C13H11ClINO2. The number of rotatable bonds is 3. The Labute approximate surface area is 124 Å². The number of benzene rings is 1. The first kappa shape index (κ1) is 13.4. The van der Waals surface area contributed by atoms with Crippen molar-refractivity contribution in [1.82, 2.24) is 4.90 Å². The molecule has 0 N–H and O–H groups in total. The highest BCUT2D eigenvalue weighted by Crippen LogP contribution is 2.20. The maximum atomic E-state index is 12.2. The molecule has 0 radical (unpaired) electrons. The molecule has 1 amide bonds. The number of carbonyl (C=O) groups is 1. The third-order valence-corrected chi connectivity index (χ3v) is 4.06. The molecule has 94 valence electrons. The molecule has 0 saturated heterocycles. The highest BCUT2D eigenvalue weighted by molar-refractivity contribution is 14.1. The standard InChI is InChI=1S/C13H11ClINO2/c1-16(8-10-3-2-6-18-10)13(17)9-4-5-12(15)11(14)7-9/h2-7H,8H2,1H3. The van der Waals surface area contributed by atoms with Crippen LogP contribution in [-0.2, 0) is 6.54 Å². The number of halogens is 2. The molecule has 2 rings (SSSR count). The second kappa shape index (κ2) is 5.75. The van der Waals surface area contributed by atoms with Crippen molar-refractivity contribution in [2.24, 2.45) is 0 Å². The molecule has 1 heterocycles. The summed E-state index contributed by atoms with van der Waals surface area (Å²) in [6.45, 7) is 0.440. The van der Waals surface area contributed by atoms with Crippen LogP contribution in [0.4, 0.5) is 0 Å². The van der Waals surface area contributed by atoms with Crippen molar-refractivity contribution in [3.63, 3.8) is 0 Å². The van der Waals surface area contributed by atoms with Gasteiger partial charge in [0.1, 0.15) is 5.76 Å². The Kier molecular flexibility index (Phi) is 4.29. The van der Waals surface area contributed by atoms with Gasteiger partial charge in [0.2, 0.25) is 0 Å². The minimum Gasteiger partial charge on any atom is -0.467 e. The molecule has 0 atom stereocenters. The fourth-order valence-corrected chi connectivity index (χ4v) is 2.07. The summed E-state index contributed by atoms with van der Waals surface area (Å²) >= 11 is 8.14. The zero-order chi connectivity index (χ0) is 13.1. The highest BCUT2D eigenvalue weighted by atomic mass is 127. The Morgan fingerprint density at radius 3 is 2.83 bits per heavy atom. The summed E-state index contributed by atoms with van der Waals surface area (Å²) in [6.07, 6.45) is 1.59. The van der Waals surface area contributed by atoms with Crippen LogP contribution in [0.1, 0.15) is 16.1 Å². The second-order valence-electron chi connectivity index (χ2n) is 3.87. The van der Waals surface area contributed by atoms with E-state index in [1.54, 1.807) is 36.4 Å². The van der Waals surface area contributed by atoms with Gasteiger partial charge in [0.05, 0.1) is 17.8 Å². The second-order valence-corrected chi connectivity index (χ2v) is 5.44. The van der Waals surface area contributed by atoms with Gasteiger partial charge in [0, 0.05) is 16.2 Å². The van der Waals surface area contributed by atoms with Crippen LogP contribution in [0.5, 0.6) is 0 Å². The zero-order valence-electron chi connectivity index (χ0n) is 9.69. The van der Waals surface area contributed by atoms with Gasteiger partial charge in [-0.15, -0.1) is 0 Å². The highest BCUT2D eigenvalue weighted by Gasteiger charge is 2.14. The summed E-state index contributed by atoms with van der Waals surface area (Å²) in [6, 6.07) is 8.93. The third-order valence-electron chi connectivity index (χ3n) is 2.49. The van der Waals surface area contributed by atoms with Gasteiger partial charge >= 0.3 is 0 Å². The van der Waals surface area contributed by atoms with E-state index in [1.165, 1.54) is 0 Å². The lowest BCUT2D eigenvalue weighted by Crippen LogP contribution is -2.26. The van der Waals surface area contributed by atoms with Gasteiger partial charge in [0.25, 0.3) is 5.91 Å². The number of furan rings is 1. The summed E-state index contributed by atoms with van der Waals surface area (Å²) in [7, 11) is 1.73. The molecule has 0 spiro atoms. The molecule has 0 aliphatic rings. The van der Waals surface area contributed by atoms with E-state index in [1.807, 2.05) is 12.1 Å². The van der Waals surface area contributed by atoms with Crippen molar-refractivity contribution >= 4 is 40.1 Å². The first-order valence-electron chi connectivity index (χ1n) is 5.31. The molecule has 0 saturated carbocycles. The fourth-order valence-electron chi connectivity index (χ4n) is 1.56. The van der Waals surface area contributed by atoms with Gasteiger partial charge in [-0.2, -0.15) is 0 Å². The van der Waals surface area contributed by atoms with Gasteiger partial charge in [-0.25, -0.2) is 0 Å². The third kappa shape index (κ3) is 3.05. The Bertz CT molecular complexity index is 554. The Morgan fingerprint density at radius 1 is 1.44 bits per heavy atom. The lowest BCUT2D eigenvalue weighted by Gasteiger charge is -2.16. The summed E-state index contributed by atoms with van der Waals surface area (Å²) in [4.78, 5) is 13.8. The molecular weight excluding hydrogens is 365 g/mol. The molecule has 3 nitrogen and oxygen atoms in total. The van der Waals surface area contributed by atoms with E-state index in [0.717, 1.165) is 9.33 Å². The summed E-state index contributed by atoms with van der Waals surface area (Å²) < 4.78 is 6.14. The van der Waals surface area contributed by atoms with Crippen molar-refractivity contribution in [2.75, 3.05) is 7.05 Å². The first-order chi connectivity index (χ1) is 8.58. The average Bonchev–Trinajstić information content (AvgIpc) is 2.84. The average molecular weight is 376 g/mol. The minimum absolute atomic E-state index is 0.0790. The maximum absolute atomic E-state index is 12.2. The van der Waals surface area contributed by atoms with Crippen LogP contribution < -0.4 is 0 Å². The van der Waals surface area contributed by atoms with Gasteiger partial charge in [-0.1, -0.05) is 11.6 Å². The molecule has 0 fully saturated rings. The fraction of sp³-hybridized carbons (Fsp3) is 0.154. The number of hydrogen-bond donors (Lipinski definition) is 0. The van der Waals surface area contributed by atoms with Gasteiger partial charge in [-0.3, -0.25) is 4.79 Å². The first-order valence-corrected chi connectivity index (χ1v) is 6.76. The monoisotopic (exact) mass is 375 g/mol. The van der Waals surface area contributed by atoms with Crippen LogP contribution in [0.3, 0.4) is 0 Å². The normalized spacial score (nSPS) is 10.4. The maximum Gasteiger partial charge on any atom is 0.254 e. The molecule has 5 heteroatoms. The SMILES string of the molecule is CN(Cc1ccco1)C(=O)c1ccc(I)c(Cl)c1. The lowest BCUT2D eigenvalue weighted by atomic mass is 10.2. The largest absolute Gasteiger partial charge is 0.467 e. The van der Waals surface area contributed by atoms with Crippen LogP contribution in [0.2, 0.25) is 5.02 Å². The topological polar surface area (TPSA) is 33.5 Å². The molecule has 0 bridgehead atoms. The van der Waals surface area contributed by atoms with Crippen LogP contribution >= 0.6 is 34.2 Å². The van der Waals surface area contributed by atoms with Crippen molar-refractivity contribution in [3.05, 3.63) is 56.5 Å². The Balaban J connectivity index is 2.12. The van der Waals surface area contributed by atoms with Crippen LogP contribution in [0, 0.1) is 3.57 Å². The number of carbonyl (C=O) groups excluding carboxylic acids is 1. The number of amides is 1. The van der Waals surface area contributed by atoms with E-state index in [-0.39, 0.29) is 5.91 Å². The van der Waals surface area contributed by atoms with Crippen LogP contribution in [-0.4, -0.2) is 17.9 Å². The van der Waals surface area contributed by atoms with Crippen molar-refractivity contribution in [2.45, 2.75) is 6.54 Å². The number of hydrogen-bond acceptors (Lipinski definition) is 2. The van der Waals surface area contributed by atoms with E-state index >= 15 is 0 Å². The number of nitrogens with zero attached hydrogens (tertiary/aromatic N) is 1. The van der Waals surface area contributed by atoms with Gasteiger partial charge < -0.3 is 9.32 Å². The predicted molar refractivity (Wildman–Crippen MR) is 78.7 cm³/mol. The van der Waals surface area contributed by atoms with E-state index < -0.39 is 0 Å². The summed E-state index contributed by atoms with van der Waals surface area (Å²) in [5, 5.41) is 0.591. The summed E-state index contributed by atoms with van der Waals surface area (Å²) in [5.41, 5.74) is 0.578. The molecule has 0 aliphatic heterocycles. The van der Waals surface area contributed by atoms with E-state index in [2.05, 4.69) is 22.6 Å². The molecule has 1 aromatic carbocycles. The Hall–Kier alpha value is -1.01. The van der Waals surface area contributed by atoms with E-state index in [0.29, 0.717) is 17.1 Å². The van der Waals surface area contributed by atoms with E-state index in [9.17, 15) is 4.79 Å². The van der Waals surface area contributed by atoms with Crippen LogP contribution in [0.15, 0.2) is 41.0 Å². The Morgan fingerprint density at radius 2 is 2.22 bits per heavy atom.